The van der Waals surface area contributed by atoms with Gasteiger partial charge in [-0.15, -0.1) is 4.40 Å². The van der Waals surface area contributed by atoms with Crippen molar-refractivity contribution in [2.45, 2.75) is 25.2 Å². The Morgan fingerprint density at radius 2 is 2.00 bits per heavy atom. The third kappa shape index (κ3) is 4.16. The smallest absolute Gasteiger partial charge is 0.314 e. The summed E-state index contributed by atoms with van der Waals surface area (Å²) >= 11 is 0. The van der Waals surface area contributed by atoms with Crippen molar-refractivity contribution in [3.63, 3.8) is 0 Å². The number of rotatable bonds is 6. The minimum atomic E-state index is -4.40. The second-order valence-corrected chi connectivity index (χ2v) is 10.4. The number of benzene rings is 2. The molecule has 4 aromatic rings. The maximum absolute atomic E-state index is 13.5. The average molecular weight is 526 g/mol. The van der Waals surface area contributed by atoms with Crippen molar-refractivity contribution in [3.8, 4) is 5.75 Å². The van der Waals surface area contributed by atoms with Crippen molar-refractivity contribution in [3.05, 3.63) is 58.2 Å². The average Bonchev–Trinajstić information content (AvgIpc) is 3.25. The quantitative estimate of drug-likeness (QED) is 0.318. The lowest BCUT2D eigenvalue weighted by molar-refractivity contribution is -0.140. The molecule has 0 saturated heterocycles. The highest BCUT2D eigenvalue weighted by molar-refractivity contribution is 7.90. The Morgan fingerprint density at radius 3 is 2.73 bits per heavy atom. The van der Waals surface area contributed by atoms with Crippen molar-refractivity contribution in [2.75, 3.05) is 24.4 Å². The van der Waals surface area contributed by atoms with Gasteiger partial charge in [0.05, 0.1) is 18.3 Å². The monoisotopic (exact) mass is 525 g/mol. The van der Waals surface area contributed by atoms with E-state index in [1.165, 1.54) is 23.9 Å². The summed E-state index contributed by atoms with van der Waals surface area (Å²) in [5, 5.41) is 14.2. The molecule has 0 radical (unpaired) electrons. The molecule has 0 saturated carbocycles. The first-order valence-corrected chi connectivity index (χ1v) is 12.8. The van der Waals surface area contributed by atoms with Gasteiger partial charge in [0.1, 0.15) is 28.1 Å². The number of sulfonamides is 1. The van der Waals surface area contributed by atoms with Crippen LogP contribution in [0.4, 0.5) is 5.69 Å². The summed E-state index contributed by atoms with van der Waals surface area (Å²) in [5.74, 6) is -1.16. The summed E-state index contributed by atoms with van der Waals surface area (Å²) in [4.78, 5) is 29.0. The number of ether oxygens (including phenoxy) is 1. The molecule has 0 spiro atoms. The van der Waals surface area contributed by atoms with Crippen LogP contribution in [0.15, 0.2) is 54.9 Å². The Labute approximate surface area is 210 Å². The SMILES string of the molecule is COC(=O)Cc1nc2c3c(ccc2o1)NC(c1c(O)c2ccccc2n(NCC(C)C)c1=O)=NS3(=O)=O. The highest BCUT2D eigenvalue weighted by atomic mass is 32.2. The number of oxazole rings is 1. The van der Waals surface area contributed by atoms with Gasteiger partial charge in [-0.2, -0.15) is 8.42 Å². The van der Waals surface area contributed by atoms with E-state index in [1.807, 2.05) is 13.8 Å². The number of nitrogens with zero attached hydrogens (tertiary/aromatic N) is 3. The fourth-order valence-corrected chi connectivity index (χ4v) is 5.30. The first-order valence-electron chi connectivity index (χ1n) is 11.3. The number of nitrogens with one attached hydrogen (secondary N) is 2. The molecule has 13 heteroatoms. The molecule has 5 rings (SSSR count). The lowest BCUT2D eigenvalue weighted by Crippen LogP contribution is -2.37. The molecule has 0 atom stereocenters. The lowest BCUT2D eigenvalue weighted by Gasteiger charge is -2.21. The van der Waals surface area contributed by atoms with Gasteiger partial charge in [-0.3, -0.25) is 9.59 Å². The molecular formula is C24H23N5O7S. The molecule has 192 valence electrons. The molecule has 3 N–H and O–H groups in total. The molecule has 37 heavy (non-hydrogen) atoms. The van der Waals surface area contributed by atoms with Crippen molar-refractivity contribution in [1.29, 1.82) is 0 Å². The van der Waals surface area contributed by atoms with Crippen LogP contribution >= 0.6 is 0 Å². The van der Waals surface area contributed by atoms with E-state index in [1.54, 1.807) is 24.3 Å². The lowest BCUT2D eigenvalue weighted by atomic mass is 10.1. The van der Waals surface area contributed by atoms with Crippen LogP contribution in [-0.4, -0.2) is 48.6 Å². The fraction of sp³-hybridized carbons (Fsp3) is 0.250. The van der Waals surface area contributed by atoms with Gasteiger partial charge in [0.2, 0.25) is 5.89 Å². The summed E-state index contributed by atoms with van der Waals surface area (Å²) < 4.78 is 41.9. The number of aromatic nitrogens is 2. The molecule has 12 nitrogen and oxygen atoms in total. The predicted molar refractivity (Wildman–Crippen MR) is 136 cm³/mol. The minimum Gasteiger partial charge on any atom is -0.506 e. The van der Waals surface area contributed by atoms with E-state index in [2.05, 4.69) is 24.9 Å². The van der Waals surface area contributed by atoms with Crippen molar-refractivity contribution < 1.29 is 27.5 Å². The number of fused-ring (bicyclic) bond motifs is 4. The topological polar surface area (TPSA) is 165 Å². The Bertz CT molecular complexity index is 1770. The number of esters is 1. The summed E-state index contributed by atoms with van der Waals surface area (Å²) in [6.07, 6.45) is -0.282. The van der Waals surface area contributed by atoms with E-state index in [9.17, 15) is 23.1 Å². The third-order valence-corrected chi connectivity index (χ3v) is 7.10. The highest BCUT2D eigenvalue weighted by Crippen LogP contribution is 2.36. The zero-order valence-electron chi connectivity index (χ0n) is 20.1. The van der Waals surface area contributed by atoms with Crippen molar-refractivity contribution in [1.82, 2.24) is 9.66 Å². The summed E-state index contributed by atoms with van der Waals surface area (Å²) in [5.41, 5.74) is 2.69. The van der Waals surface area contributed by atoms with Gasteiger partial charge in [-0.1, -0.05) is 26.0 Å². The molecule has 2 aromatic carbocycles. The molecule has 0 fully saturated rings. The maximum atomic E-state index is 13.5. The number of para-hydroxylation sites is 1. The molecule has 0 amide bonds. The largest absolute Gasteiger partial charge is 0.506 e. The van der Waals surface area contributed by atoms with Gasteiger partial charge >= 0.3 is 5.97 Å². The number of pyridine rings is 1. The van der Waals surface area contributed by atoms with Gasteiger partial charge in [0, 0.05) is 11.9 Å². The van der Waals surface area contributed by atoms with E-state index >= 15 is 0 Å². The Balaban J connectivity index is 1.68. The van der Waals surface area contributed by atoms with Crippen molar-refractivity contribution in [2.24, 2.45) is 10.3 Å². The zero-order valence-corrected chi connectivity index (χ0v) is 20.9. The minimum absolute atomic E-state index is 0.0217. The fourth-order valence-electron chi connectivity index (χ4n) is 4.04. The van der Waals surface area contributed by atoms with E-state index in [4.69, 9.17) is 4.42 Å². The van der Waals surface area contributed by atoms with Crippen LogP contribution in [-0.2, 0) is 26.0 Å². The van der Waals surface area contributed by atoms with E-state index < -0.39 is 27.3 Å². The molecule has 1 aliphatic heterocycles. The Hall–Kier alpha value is -4.39. The molecule has 1 aliphatic rings. The second kappa shape index (κ2) is 8.92. The van der Waals surface area contributed by atoms with Crippen LogP contribution in [0.2, 0.25) is 0 Å². The number of hydrogen-bond donors (Lipinski definition) is 3. The molecule has 0 aliphatic carbocycles. The summed E-state index contributed by atoms with van der Waals surface area (Å²) in [6, 6.07) is 9.63. The van der Waals surface area contributed by atoms with Crippen LogP contribution < -0.4 is 16.3 Å². The van der Waals surface area contributed by atoms with Crippen LogP contribution in [0.1, 0.15) is 25.3 Å². The van der Waals surface area contributed by atoms with Gasteiger partial charge < -0.3 is 25.0 Å². The number of aromatic hydroxyl groups is 1. The van der Waals surface area contributed by atoms with Crippen LogP contribution in [0, 0.1) is 5.92 Å². The van der Waals surface area contributed by atoms with Gasteiger partial charge in [0.25, 0.3) is 15.6 Å². The molecule has 0 bridgehead atoms. The number of carbonyl (C=O) groups excluding carboxylic acids is 1. The number of amidine groups is 1. The first-order chi connectivity index (χ1) is 17.6. The maximum Gasteiger partial charge on any atom is 0.314 e. The van der Waals surface area contributed by atoms with E-state index in [0.29, 0.717) is 17.4 Å². The molecule has 3 heterocycles. The van der Waals surface area contributed by atoms with Gasteiger partial charge in [-0.25, -0.2) is 9.66 Å². The van der Waals surface area contributed by atoms with Crippen LogP contribution in [0.5, 0.6) is 5.75 Å². The second-order valence-electron chi connectivity index (χ2n) is 8.83. The number of hydrogen-bond acceptors (Lipinski definition) is 10. The number of anilines is 1. The normalized spacial score (nSPS) is 14.3. The standard InChI is InChI=1S/C24H23N5O7S/c1-12(2)11-25-29-15-7-5-4-6-13(15)21(31)19(24(29)32)23-26-14-8-9-16-20(22(14)37(33,34)28-23)27-17(36-16)10-18(30)35-3/h4-9,12,25,31H,10-11H2,1-3H3,(H,26,28). The van der Waals surface area contributed by atoms with Crippen molar-refractivity contribution >= 4 is 49.5 Å². The van der Waals surface area contributed by atoms with Gasteiger partial charge in [-0.05, 0) is 30.2 Å². The number of carbonyl (C=O) groups is 1. The van der Waals surface area contributed by atoms with Crippen LogP contribution in [0.3, 0.4) is 0 Å². The molecular weight excluding hydrogens is 502 g/mol. The first kappa shape index (κ1) is 24.3. The third-order valence-electron chi connectivity index (χ3n) is 5.75. The van der Waals surface area contributed by atoms with Gasteiger partial charge in [0.15, 0.2) is 11.4 Å². The Kier molecular flexibility index (Phi) is 5.86. The van der Waals surface area contributed by atoms with E-state index in [-0.39, 0.29) is 51.3 Å². The van der Waals surface area contributed by atoms with E-state index in [0.717, 1.165) is 0 Å². The highest BCUT2D eigenvalue weighted by Gasteiger charge is 2.33. The Morgan fingerprint density at radius 1 is 1.24 bits per heavy atom. The van der Waals surface area contributed by atoms with Crippen LogP contribution in [0.25, 0.3) is 22.0 Å². The predicted octanol–water partition coefficient (Wildman–Crippen LogP) is 2.32. The number of methoxy groups -OCH3 is 1. The molecule has 2 aromatic heterocycles. The summed E-state index contributed by atoms with van der Waals surface area (Å²) in [6.45, 7) is 4.39. The molecule has 0 unspecified atom stereocenters. The summed E-state index contributed by atoms with van der Waals surface area (Å²) in [7, 11) is -3.19. The zero-order chi connectivity index (χ0) is 26.5.